The van der Waals surface area contributed by atoms with Crippen molar-refractivity contribution in [2.75, 3.05) is 13.2 Å². The lowest BCUT2D eigenvalue weighted by atomic mass is 9.84. The second kappa shape index (κ2) is 5.04. The number of thiazole rings is 1. The van der Waals surface area contributed by atoms with Crippen molar-refractivity contribution >= 4 is 11.3 Å². The fraction of sp³-hybridized carbons (Fsp3) is 0.769. The zero-order valence-electron chi connectivity index (χ0n) is 11.1. The van der Waals surface area contributed by atoms with E-state index >= 15 is 0 Å². The minimum absolute atomic E-state index is 0.0520. The molecule has 1 fully saturated rings. The van der Waals surface area contributed by atoms with Crippen molar-refractivity contribution in [1.29, 1.82) is 0 Å². The molecular formula is C13H22N2OS. The van der Waals surface area contributed by atoms with Crippen LogP contribution in [0.15, 0.2) is 5.38 Å². The van der Waals surface area contributed by atoms with Crippen molar-refractivity contribution in [2.24, 2.45) is 5.92 Å². The van der Waals surface area contributed by atoms with Crippen LogP contribution in [0.3, 0.4) is 0 Å². The quantitative estimate of drug-likeness (QED) is 0.897. The highest BCUT2D eigenvalue weighted by molar-refractivity contribution is 7.09. The fourth-order valence-electron chi connectivity index (χ4n) is 2.54. The second-order valence-electron chi connectivity index (χ2n) is 5.36. The molecule has 1 aromatic heterocycles. The molecule has 1 N–H and O–H groups in total. The predicted molar refractivity (Wildman–Crippen MR) is 71.4 cm³/mol. The Labute approximate surface area is 108 Å². The summed E-state index contributed by atoms with van der Waals surface area (Å²) in [5.41, 5.74) is 1.06. The van der Waals surface area contributed by atoms with E-state index in [0.717, 1.165) is 25.3 Å². The lowest BCUT2D eigenvalue weighted by Crippen LogP contribution is -2.49. The maximum absolute atomic E-state index is 5.55. The third-order valence-electron chi connectivity index (χ3n) is 3.40. The third kappa shape index (κ3) is 2.69. The summed E-state index contributed by atoms with van der Waals surface area (Å²) in [6, 6.07) is 0.449. The van der Waals surface area contributed by atoms with Crippen LogP contribution in [-0.4, -0.2) is 24.2 Å². The third-order valence-corrected chi connectivity index (χ3v) is 4.60. The predicted octanol–water partition coefficient (Wildman–Crippen LogP) is 2.70. The first kappa shape index (κ1) is 13.0. The van der Waals surface area contributed by atoms with Gasteiger partial charge in [0.05, 0.1) is 12.1 Å². The van der Waals surface area contributed by atoms with Gasteiger partial charge in [-0.05, 0) is 34.1 Å². The maximum atomic E-state index is 5.55. The molecule has 0 amide bonds. The molecule has 3 nitrogen and oxygen atoms in total. The van der Waals surface area contributed by atoms with Crippen LogP contribution in [0.25, 0.3) is 0 Å². The summed E-state index contributed by atoms with van der Waals surface area (Å²) in [7, 11) is 0. The number of ether oxygens (including phenoxy) is 1. The number of hydrogen-bond donors (Lipinski definition) is 1. The first-order valence-electron chi connectivity index (χ1n) is 6.30. The zero-order valence-corrected chi connectivity index (χ0v) is 11.9. The molecule has 0 saturated carbocycles. The highest BCUT2D eigenvalue weighted by Crippen LogP contribution is 2.36. The van der Waals surface area contributed by atoms with E-state index in [-0.39, 0.29) is 5.54 Å². The van der Waals surface area contributed by atoms with Gasteiger partial charge in [-0.2, -0.15) is 0 Å². The van der Waals surface area contributed by atoms with Crippen LogP contribution in [0.2, 0.25) is 0 Å². The van der Waals surface area contributed by atoms with Crippen LogP contribution >= 0.6 is 11.3 Å². The molecule has 0 bridgehead atoms. The smallest absolute Gasteiger partial charge is 0.113 e. The Morgan fingerprint density at radius 2 is 2.35 bits per heavy atom. The van der Waals surface area contributed by atoms with E-state index in [0.29, 0.717) is 12.0 Å². The molecule has 0 aliphatic carbocycles. The molecule has 1 aliphatic rings. The molecule has 2 rings (SSSR count). The van der Waals surface area contributed by atoms with Crippen LogP contribution < -0.4 is 5.32 Å². The van der Waals surface area contributed by atoms with Crippen LogP contribution in [0.4, 0.5) is 0 Å². The van der Waals surface area contributed by atoms with Crippen LogP contribution in [0, 0.1) is 12.8 Å². The van der Waals surface area contributed by atoms with E-state index < -0.39 is 0 Å². The Morgan fingerprint density at radius 3 is 2.82 bits per heavy atom. The molecule has 17 heavy (non-hydrogen) atoms. The van der Waals surface area contributed by atoms with Crippen molar-refractivity contribution in [3.05, 3.63) is 16.1 Å². The Morgan fingerprint density at radius 1 is 1.59 bits per heavy atom. The maximum Gasteiger partial charge on any atom is 0.113 e. The molecule has 1 saturated heterocycles. The van der Waals surface area contributed by atoms with Gasteiger partial charge in [0.25, 0.3) is 0 Å². The van der Waals surface area contributed by atoms with Gasteiger partial charge in [0.15, 0.2) is 0 Å². The summed E-state index contributed by atoms with van der Waals surface area (Å²) in [5, 5.41) is 7.02. The molecule has 0 radical (unpaired) electrons. The van der Waals surface area contributed by atoms with Gasteiger partial charge in [0.2, 0.25) is 0 Å². The highest BCUT2D eigenvalue weighted by Gasteiger charge is 2.40. The first-order valence-corrected chi connectivity index (χ1v) is 7.18. The second-order valence-corrected chi connectivity index (χ2v) is 6.21. The van der Waals surface area contributed by atoms with Crippen molar-refractivity contribution < 1.29 is 4.74 Å². The molecule has 1 aromatic rings. The fourth-order valence-corrected chi connectivity index (χ4v) is 3.54. The van der Waals surface area contributed by atoms with Gasteiger partial charge >= 0.3 is 0 Å². The number of nitrogens with one attached hydrogen (secondary N) is 1. The van der Waals surface area contributed by atoms with E-state index in [9.17, 15) is 0 Å². The molecule has 0 spiro atoms. The van der Waals surface area contributed by atoms with E-state index in [1.54, 1.807) is 11.3 Å². The lowest BCUT2D eigenvalue weighted by Gasteiger charge is -2.36. The number of hydrogen-bond acceptors (Lipinski definition) is 4. The summed E-state index contributed by atoms with van der Waals surface area (Å²) in [6.07, 6.45) is 1.12. The standard InChI is InChI=1S/C13H22N2OS/c1-9(2)15-13(4,11-5-6-16-7-11)12-14-10(3)8-17-12/h8-9,11,15H,5-7H2,1-4H3. The van der Waals surface area contributed by atoms with E-state index in [4.69, 9.17) is 4.74 Å². The van der Waals surface area contributed by atoms with Crippen LogP contribution in [0.1, 0.15) is 37.9 Å². The SMILES string of the molecule is Cc1csc(C(C)(NC(C)C)C2CCOC2)n1. The molecular weight excluding hydrogens is 232 g/mol. The van der Waals surface area contributed by atoms with Crippen molar-refractivity contribution in [1.82, 2.24) is 10.3 Å². The van der Waals surface area contributed by atoms with E-state index in [1.165, 1.54) is 5.01 Å². The summed E-state index contributed by atoms with van der Waals surface area (Å²) in [6.45, 7) is 10.4. The topological polar surface area (TPSA) is 34.1 Å². The van der Waals surface area contributed by atoms with Gasteiger partial charge in [-0.15, -0.1) is 11.3 Å². The normalized spacial score (nSPS) is 24.2. The molecule has 2 unspecified atom stereocenters. The Kier molecular flexibility index (Phi) is 3.85. The average Bonchev–Trinajstić information content (AvgIpc) is 2.85. The molecule has 2 atom stereocenters. The largest absolute Gasteiger partial charge is 0.381 e. The Balaban J connectivity index is 2.28. The summed E-state index contributed by atoms with van der Waals surface area (Å²) < 4.78 is 5.55. The molecule has 0 aromatic carbocycles. The van der Waals surface area contributed by atoms with Crippen LogP contribution in [0.5, 0.6) is 0 Å². The Bertz CT molecular complexity index is 371. The Hall–Kier alpha value is -0.450. The van der Waals surface area contributed by atoms with Gasteiger partial charge in [0, 0.05) is 29.6 Å². The minimum atomic E-state index is -0.0520. The monoisotopic (exact) mass is 254 g/mol. The van der Waals surface area contributed by atoms with Crippen molar-refractivity contribution in [3.63, 3.8) is 0 Å². The van der Waals surface area contributed by atoms with E-state index in [1.807, 2.05) is 0 Å². The number of nitrogens with zero attached hydrogens (tertiary/aromatic N) is 1. The number of rotatable bonds is 4. The van der Waals surface area contributed by atoms with E-state index in [2.05, 4.69) is 43.4 Å². The van der Waals surface area contributed by atoms with Gasteiger partial charge in [-0.3, -0.25) is 0 Å². The summed E-state index contributed by atoms with van der Waals surface area (Å²) in [5.74, 6) is 0.524. The number of aromatic nitrogens is 1. The minimum Gasteiger partial charge on any atom is -0.381 e. The van der Waals surface area contributed by atoms with Crippen LogP contribution in [-0.2, 0) is 10.3 Å². The molecule has 2 heterocycles. The van der Waals surface area contributed by atoms with Crippen molar-refractivity contribution in [2.45, 2.75) is 45.7 Å². The average molecular weight is 254 g/mol. The van der Waals surface area contributed by atoms with Gasteiger partial charge in [-0.25, -0.2) is 4.98 Å². The first-order chi connectivity index (χ1) is 8.02. The molecule has 4 heteroatoms. The zero-order chi connectivity index (χ0) is 12.5. The van der Waals surface area contributed by atoms with Gasteiger partial charge in [-0.1, -0.05) is 0 Å². The molecule has 96 valence electrons. The van der Waals surface area contributed by atoms with Gasteiger partial charge < -0.3 is 10.1 Å². The number of aryl methyl sites for hydroxylation is 1. The summed E-state index contributed by atoms with van der Waals surface area (Å²) >= 11 is 1.76. The molecule has 1 aliphatic heterocycles. The van der Waals surface area contributed by atoms with Gasteiger partial charge in [0.1, 0.15) is 5.01 Å². The van der Waals surface area contributed by atoms with Crippen molar-refractivity contribution in [3.8, 4) is 0 Å². The lowest BCUT2D eigenvalue weighted by molar-refractivity contribution is 0.147. The summed E-state index contributed by atoms with van der Waals surface area (Å²) in [4.78, 5) is 4.68. The highest BCUT2D eigenvalue weighted by atomic mass is 32.1.